The minimum absolute atomic E-state index is 0.323. The van der Waals surface area contributed by atoms with Crippen LogP contribution in [0.15, 0.2) is 24.3 Å². The van der Waals surface area contributed by atoms with Crippen molar-refractivity contribution in [2.75, 3.05) is 32.1 Å². The van der Waals surface area contributed by atoms with Gasteiger partial charge in [-0.2, -0.15) is 15.0 Å². The summed E-state index contributed by atoms with van der Waals surface area (Å²) < 4.78 is 10.3. The highest BCUT2D eigenvalue weighted by molar-refractivity contribution is 5.89. The molecule has 8 heteroatoms. The number of carbonyl (C=O) groups is 1. The van der Waals surface area contributed by atoms with Gasteiger partial charge in [0.05, 0.1) is 19.3 Å². The number of esters is 1. The number of hydrogen-bond donors (Lipinski definition) is 2. The minimum atomic E-state index is -0.353. The number of nitrogens with one attached hydrogen (secondary N) is 1. The number of unbranched alkanes of at least 4 members (excludes halogenated alkanes) is 7. The molecule has 0 bridgehead atoms. The van der Waals surface area contributed by atoms with Gasteiger partial charge in [-0.1, -0.05) is 50.7 Å². The largest absolute Gasteiger partial charge is 0.465 e. The van der Waals surface area contributed by atoms with Crippen molar-refractivity contribution < 1.29 is 14.3 Å². The molecule has 0 unspecified atom stereocenters. The molecule has 1 heterocycles. The predicted octanol–water partition coefficient (Wildman–Crippen LogP) is 4.14. The third kappa shape index (κ3) is 9.60. The summed E-state index contributed by atoms with van der Waals surface area (Å²) >= 11 is 0. The van der Waals surface area contributed by atoms with Gasteiger partial charge in [0.1, 0.15) is 5.82 Å². The molecule has 1 aromatic carbocycles. The van der Waals surface area contributed by atoms with Crippen LogP contribution >= 0.6 is 0 Å². The Morgan fingerprint density at radius 2 is 1.59 bits per heavy atom. The maximum absolute atomic E-state index is 11.6. The summed E-state index contributed by atoms with van der Waals surface area (Å²) in [5.74, 6) is 0.800. The Labute approximate surface area is 191 Å². The van der Waals surface area contributed by atoms with Gasteiger partial charge in [0.2, 0.25) is 5.95 Å². The van der Waals surface area contributed by atoms with Crippen LogP contribution in [-0.2, 0) is 11.2 Å². The molecule has 2 rings (SSSR count). The van der Waals surface area contributed by atoms with E-state index in [0.717, 1.165) is 31.5 Å². The van der Waals surface area contributed by atoms with Gasteiger partial charge < -0.3 is 20.5 Å². The molecule has 0 saturated heterocycles. The normalized spacial score (nSPS) is 10.7. The summed E-state index contributed by atoms with van der Waals surface area (Å²) in [5.41, 5.74) is 7.03. The van der Waals surface area contributed by atoms with E-state index in [1.54, 1.807) is 12.1 Å². The molecule has 0 aliphatic heterocycles. The number of anilines is 1. The van der Waals surface area contributed by atoms with Gasteiger partial charge in [0.25, 0.3) is 0 Å². The first-order valence-electron chi connectivity index (χ1n) is 11.6. The molecule has 0 amide bonds. The Morgan fingerprint density at radius 3 is 2.22 bits per heavy atom. The summed E-state index contributed by atoms with van der Waals surface area (Å²) in [6.07, 6.45) is 10.3. The molecule has 8 nitrogen and oxygen atoms in total. The van der Waals surface area contributed by atoms with Gasteiger partial charge in [-0.05, 0) is 44.0 Å². The van der Waals surface area contributed by atoms with Crippen molar-refractivity contribution in [3.8, 4) is 6.01 Å². The number of hydrogen-bond acceptors (Lipinski definition) is 8. The Morgan fingerprint density at radius 1 is 0.938 bits per heavy atom. The number of aromatic nitrogens is 3. The van der Waals surface area contributed by atoms with E-state index in [2.05, 4.69) is 20.3 Å². The lowest BCUT2D eigenvalue weighted by Crippen LogP contribution is -2.11. The van der Waals surface area contributed by atoms with Gasteiger partial charge in [-0.3, -0.25) is 0 Å². The Balaban J connectivity index is 1.83. The van der Waals surface area contributed by atoms with E-state index in [1.165, 1.54) is 45.6 Å². The molecule has 176 valence electrons. The first kappa shape index (κ1) is 25.5. The maximum Gasteiger partial charge on any atom is 0.337 e. The fourth-order valence-electron chi connectivity index (χ4n) is 3.34. The molecule has 32 heavy (non-hydrogen) atoms. The molecular weight excluding hydrogens is 406 g/mol. The zero-order chi connectivity index (χ0) is 23.0. The number of nitrogens with two attached hydrogens (primary N) is 1. The second-order valence-corrected chi connectivity index (χ2v) is 7.70. The van der Waals surface area contributed by atoms with Crippen molar-refractivity contribution in [2.45, 2.75) is 64.7 Å². The van der Waals surface area contributed by atoms with Crippen LogP contribution in [0.5, 0.6) is 6.01 Å². The molecule has 0 aliphatic rings. The highest BCUT2D eigenvalue weighted by Gasteiger charge is 2.10. The van der Waals surface area contributed by atoms with Gasteiger partial charge in [-0.25, -0.2) is 4.79 Å². The van der Waals surface area contributed by atoms with E-state index in [0.29, 0.717) is 36.4 Å². The highest BCUT2D eigenvalue weighted by atomic mass is 16.5. The number of rotatable bonds is 16. The number of ether oxygens (including phenoxy) is 2. The van der Waals surface area contributed by atoms with Crippen LogP contribution < -0.4 is 15.8 Å². The van der Waals surface area contributed by atoms with Crippen molar-refractivity contribution in [1.29, 1.82) is 0 Å². The average molecular weight is 444 g/mol. The summed E-state index contributed by atoms with van der Waals surface area (Å²) in [6, 6.07) is 7.55. The van der Waals surface area contributed by atoms with Crippen molar-refractivity contribution in [1.82, 2.24) is 15.0 Å². The molecule has 1 aromatic heterocycles. The van der Waals surface area contributed by atoms with E-state index in [4.69, 9.17) is 15.2 Å². The molecule has 0 spiro atoms. The molecule has 0 saturated carbocycles. The second kappa shape index (κ2) is 15.1. The van der Waals surface area contributed by atoms with Gasteiger partial charge >= 0.3 is 12.0 Å². The van der Waals surface area contributed by atoms with Crippen LogP contribution in [0.3, 0.4) is 0 Å². The number of benzene rings is 1. The lowest BCUT2D eigenvalue weighted by Gasteiger charge is -2.09. The van der Waals surface area contributed by atoms with Crippen LogP contribution in [0.25, 0.3) is 0 Å². The molecule has 2 aromatic rings. The minimum Gasteiger partial charge on any atom is -0.465 e. The molecule has 0 fully saturated rings. The van der Waals surface area contributed by atoms with E-state index >= 15 is 0 Å². The van der Waals surface area contributed by atoms with Gasteiger partial charge in [0.15, 0.2) is 0 Å². The lowest BCUT2D eigenvalue weighted by molar-refractivity contribution is 0.0600. The Kier molecular flexibility index (Phi) is 12.1. The van der Waals surface area contributed by atoms with Crippen molar-refractivity contribution >= 4 is 11.9 Å². The zero-order valence-electron chi connectivity index (χ0n) is 19.4. The van der Waals surface area contributed by atoms with Crippen LogP contribution in [0.4, 0.5) is 5.95 Å². The topological polar surface area (TPSA) is 112 Å². The molecular formula is C24H37N5O3. The second-order valence-electron chi connectivity index (χ2n) is 7.70. The highest BCUT2D eigenvalue weighted by Crippen LogP contribution is 2.14. The molecule has 0 radical (unpaired) electrons. The Hall–Kier alpha value is -2.74. The van der Waals surface area contributed by atoms with Gasteiger partial charge in [0, 0.05) is 13.0 Å². The SMILES string of the molecule is CCOc1nc(Cc2ccc(C(=O)OC)cc2)nc(NCCCCCCCCCCN)n1. The third-order valence-corrected chi connectivity index (χ3v) is 5.09. The van der Waals surface area contributed by atoms with E-state index < -0.39 is 0 Å². The molecule has 0 aliphatic carbocycles. The fraction of sp³-hybridized carbons (Fsp3) is 0.583. The zero-order valence-corrected chi connectivity index (χ0v) is 19.4. The monoisotopic (exact) mass is 443 g/mol. The number of methoxy groups -OCH3 is 1. The fourth-order valence-corrected chi connectivity index (χ4v) is 3.34. The van der Waals surface area contributed by atoms with E-state index in [-0.39, 0.29) is 5.97 Å². The lowest BCUT2D eigenvalue weighted by atomic mass is 10.1. The third-order valence-electron chi connectivity index (χ3n) is 5.09. The van der Waals surface area contributed by atoms with E-state index in [9.17, 15) is 4.79 Å². The quantitative estimate of drug-likeness (QED) is 0.294. The predicted molar refractivity (Wildman–Crippen MR) is 126 cm³/mol. The molecule has 3 N–H and O–H groups in total. The number of nitrogens with zero attached hydrogens (tertiary/aromatic N) is 3. The molecule has 0 atom stereocenters. The standard InChI is InChI=1S/C24H37N5O3/c1-3-32-24-28-21(18-19-12-14-20(15-13-19)22(30)31-2)27-23(29-24)26-17-11-9-7-5-4-6-8-10-16-25/h12-15H,3-11,16-18,25H2,1-2H3,(H,26,27,28,29). The van der Waals surface area contributed by atoms with Crippen molar-refractivity contribution in [3.05, 3.63) is 41.2 Å². The summed E-state index contributed by atoms with van der Waals surface area (Å²) in [7, 11) is 1.37. The summed E-state index contributed by atoms with van der Waals surface area (Å²) in [5, 5.41) is 3.30. The first-order chi connectivity index (χ1) is 15.7. The van der Waals surface area contributed by atoms with Crippen molar-refractivity contribution in [3.63, 3.8) is 0 Å². The summed E-state index contributed by atoms with van der Waals surface area (Å²) in [4.78, 5) is 24.9. The van der Waals surface area contributed by atoms with Gasteiger partial charge in [-0.15, -0.1) is 0 Å². The average Bonchev–Trinajstić information content (AvgIpc) is 2.80. The number of carbonyl (C=O) groups excluding carboxylic acids is 1. The van der Waals surface area contributed by atoms with Crippen molar-refractivity contribution in [2.24, 2.45) is 5.73 Å². The first-order valence-corrected chi connectivity index (χ1v) is 11.6. The smallest absolute Gasteiger partial charge is 0.337 e. The van der Waals surface area contributed by atoms with Crippen LogP contribution in [0, 0.1) is 0 Å². The van der Waals surface area contributed by atoms with Crippen LogP contribution in [0.2, 0.25) is 0 Å². The van der Waals surface area contributed by atoms with E-state index in [1.807, 2.05) is 19.1 Å². The van der Waals surface area contributed by atoms with Crippen LogP contribution in [0.1, 0.15) is 80.0 Å². The summed E-state index contributed by atoms with van der Waals surface area (Å²) in [6.45, 7) is 4.01. The van der Waals surface area contributed by atoms with Crippen LogP contribution in [-0.4, -0.2) is 47.7 Å². The Bertz CT molecular complexity index is 799. The maximum atomic E-state index is 11.6.